The zero-order chi connectivity index (χ0) is 13.9. The molecule has 2 unspecified atom stereocenters. The Morgan fingerprint density at radius 1 is 1.25 bits per heavy atom. The summed E-state index contributed by atoms with van der Waals surface area (Å²) in [5.41, 5.74) is 1.14. The molecule has 1 fully saturated rings. The van der Waals surface area contributed by atoms with Crippen molar-refractivity contribution in [3.8, 4) is 5.69 Å². The molecule has 0 bridgehead atoms. The van der Waals surface area contributed by atoms with Crippen LogP contribution in [0.1, 0.15) is 43.9 Å². The lowest BCUT2D eigenvalue weighted by molar-refractivity contribution is 0.289. The Kier molecular flexibility index (Phi) is 3.83. The van der Waals surface area contributed by atoms with Crippen LogP contribution < -0.4 is 5.32 Å². The van der Waals surface area contributed by atoms with Gasteiger partial charge < -0.3 is 5.32 Å². The van der Waals surface area contributed by atoms with Crippen LogP contribution in [0.3, 0.4) is 0 Å². The van der Waals surface area contributed by atoms with Crippen LogP contribution in [-0.4, -0.2) is 21.3 Å². The van der Waals surface area contributed by atoms with Crippen molar-refractivity contribution in [3.05, 3.63) is 42.0 Å². The maximum absolute atomic E-state index is 4.43. The molecule has 1 aromatic heterocycles. The van der Waals surface area contributed by atoms with E-state index in [1.54, 1.807) is 0 Å². The molecule has 4 heteroatoms. The number of benzene rings is 1. The summed E-state index contributed by atoms with van der Waals surface area (Å²) >= 11 is 0. The van der Waals surface area contributed by atoms with Gasteiger partial charge in [0.2, 0.25) is 0 Å². The number of hydrogen-bond donors (Lipinski definition) is 1. The first-order valence-electron chi connectivity index (χ1n) is 7.50. The first-order chi connectivity index (χ1) is 9.79. The molecule has 2 heterocycles. The van der Waals surface area contributed by atoms with Gasteiger partial charge in [0.1, 0.15) is 5.82 Å². The second-order valence-electron chi connectivity index (χ2n) is 5.58. The van der Waals surface area contributed by atoms with E-state index in [9.17, 15) is 0 Å². The fourth-order valence-electron chi connectivity index (χ4n) is 3.06. The van der Waals surface area contributed by atoms with Crippen molar-refractivity contribution in [3.63, 3.8) is 0 Å². The van der Waals surface area contributed by atoms with Crippen molar-refractivity contribution in [2.24, 2.45) is 5.92 Å². The van der Waals surface area contributed by atoms with Crippen molar-refractivity contribution in [1.82, 2.24) is 20.1 Å². The molecule has 2 atom stereocenters. The largest absolute Gasteiger partial charge is 0.307 e. The van der Waals surface area contributed by atoms with Crippen LogP contribution in [0.15, 0.2) is 30.3 Å². The van der Waals surface area contributed by atoms with Gasteiger partial charge in [-0.05, 0) is 44.4 Å². The SMILES string of the molecule is CCC1CCNC(c2nnc(C)n2-c2ccccc2)C1. The Bertz CT molecular complexity index is 561. The number of aryl methyl sites for hydroxylation is 1. The second kappa shape index (κ2) is 5.75. The third-order valence-corrected chi connectivity index (χ3v) is 4.27. The van der Waals surface area contributed by atoms with Gasteiger partial charge in [0.15, 0.2) is 5.82 Å². The average molecular weight is 270 g/mol. The fraction of sp³-hybridized carbons (Fsp3) is 0.500. The van der Waals surface area contributed by atoms with Crippen LogP contribution >= 0.6 is 0 Å². The topological polar surface area (TPSA) is 42.7 Å². The highest BCUT2D eigenvalue weighted by Crippen LogP contribution is 2.29. The molecule has 0 amide bonds. The zero-order valence-electron chi connectivity index (χ0n) is 12.2. The summed E-state index contributed by atoms with van der Waals surface area (Å²) in [5, 5.41) is 12.3. The van der Waals surface area contributed by atoms with E-state index in [0.717, 1.165) is 36.2 Å². The molecule has 4 nitrogen and oxygen atoms in total. The van der Waals surface area contributed by atoms with Crippen molar-refractivity contribution in [2.45, 2.75) is 39.2 Å². The molecule has 0 spiro atoms. The van der Waals surface area contributed by atoms with Crippen LogP contribution in [0.2, 0.25) is 0 Å². The highest BCUT2D eigenvalue weighted by molar-refractivity contribution is 5.34. The maximum atomic E-state index is 4.43. The van der Waals surface area contributed by atoms with Gasteiger partial charge in [0.25, 0.3) is 0 Å². The number of piperidine rings is 1. The Morgan fingerprint density at radius 2 is 2.05 bits per heavy atom. The van der Waals surface area contributed by atoms with Crippen LogP contribution in [0.25, 0.3) is 5.69 Å². The van der Waals surface area contributed by atoms with E-state index in [0.29, 0.717) is 6.04 Å². The number of aromatic nitrogens is 3. The summed E-state index contributed by atoms with van der Waals surface area (Å²) in [6.07, 6.45) is 3.67. The van der Waals surface area contributed by atoms with Crippen molar-refractivity contribution in [1.29, 1.82) is 0 Å². The molecule has 1 aliphatic rings. The highest BCUT2D eigenvalue weighted by Gasteiger charge is 2.26. The summed E-state index contributed by atoms with van der Waals surface area (Å²) in [5.74, 6) is 2.79. The zero-order valence-corrected chi connectivity index (χ0v) is 12.2. The summed E-state index contributed by atoms with van der Waals surface area (Å²) in [6.45, 7) is 5.37. The molecule has 1 aromatic carbocycles. The molecule has 20 heavy (non-hydrogen) atoms. The molecule has 0 saturated carbocycles. The van der Waals surface area contributed by atoms with Gasteiger partial charge in [-0.25, -0.2) is 0 Å². The number of hydrogen-bond acceptors (Lipinski definition) is 3. The molecule has 106 valence electrons. The van der Waals surface area contributed by atoms with Gasteiger partial charge >= 0.3 is 0 Å². The standard InChI is InChI=1S/C16H22N4/c1-3-13-9-10-17-15(11-13)16-19-18-12(2)20(16)14-7-5-4-6-8-14/h4-8,13,15,17H,3,9-11H2,1-2H3. The molecule has 1 aliphatic heterocycles. The first-order valence-corrected chi connectivity index (χ1v) is 7.50. The minimum Gasteiger partial charge on any atom is -0.307 e. The fourth-order valence-corrected chi connectivity index (χ4v) is 3.06. The molecule has 0 radical (unpaired) electrons. The summed E-state index contributed by atoms with van der Waals surface area (Å²) in [4.78, 5) is 0. The van der Waals surface area contributed by atoms with Crippen molar-refractivity contribution in [2.75, 3.05) is 6.54 Å². The molecular formula is C16H22N4. The smallest absolute Gasteiger partial charge is 0.154 e. The molecule has 1 N–H and O–H groups in total. The van der Waals surface area contributed by atoms with E-state index in [2.05, 4.69) is 51.3 Å². The number of nitrogens with zero attached hydrogens (tertiary/aromatic N) is 3. The summed E-state index contributed by atoms with van der Waals surface area (Å²) in [7, 11) is 0. The first kappa shape index (κ1) is 13.3. The van der Waals surface area contributed by atoms with Gasteiger partial charge in [-0.1, -0.05) is 31.5 Å². The monoisotopic (exact) mass is 270 g/mol. The highest BCUT2D eigenvalue weighted by atomic mass is 15.3. The predicted octanol–water partition coefficient (Wildman–Crippen LogP) is 3.03. The quantitative estimate of drug-likeness (QED) is 0.932. The van der Waals surface area contributed by atoms with Gasteiger partial charge in [0.05, 0.1) is 6.04 Å². The van der Waals surface area contributed by atoms with Crippen molar-refractivity contribution >= 4 is 0 Å². The molecule has 2 aromatic rings. The Labute approximate surface area is 120 Å². The predicted molar refractivity (Wildman–Crippen MR) is 79.9 cm³/mol. The van der Waals surface area contributed by atoms with E-state index in [4.69, 9.17) is 0 Å². The van der Waals surface area contributed by atoms with Gasteiger partial charge in [-0.15, -0.1) is 10.2 Å². The minimum absolute atomic E-state index is 0.315. The van der Waals surface area contributed by atoms with Crippen LogP contribution in [0.5, 0.6) is 0 Å². The second-order valence-corrected chi connectivity index (χ2v) is 5.58. The molecule has 0 aliphatic carbocycles. The van der Waals surface area contributed by atoms with Gasteiger partial charge in [-0.2, -0.15) is 0 Å². The van der Waals surface area contributed by atoms with Crippen LogP contribution in [0, 0.1) is 12.8 Å². The normalized spacial score (nSPS) is 22.9. The third kappa shape index (κ3) is 2.48. The molecule has 3 rings (SSSR count). The van der Waals surface area contributed by atoms with E-state index in [1.807, 2.05) is 13.0 Å². The maximum Gasteiger partial charge on any atom is 0.154 e. The van der Waals surface area contributed by atoms with E-state index in [-0.39, 0.29) is 0 Å². The van der Waals surface area contributed by atoms with Crippen molar-refractivity contribution < 1.29 is 0 Å². The molecule has 1 saturated heterocycles. The lowest BCUT2D eigenvalue weighted by Crippen LogP contribution is -2.33. The summed E-state index contributed by atoms with van der Waals surface area (Å²) in [6, 6.07) is 10.7. The van der Waals surface area contributed by atoms with E-state index in [1.165, 1.54) is 12.8 Å². The van der Waals surface area contributed by atoms with Crippen LogP contribution in [-0.2, 0) is 0 Å². The minimum atomic E-state index is 0.315. The van der Waals surface area contributed by atoms with Gasteiger partial charge in [-0.3, -0.25) is 4.57 Å². The third-order valence-electron chi connectivity index (χ3n) is 4.27. The Balaban J connectivity index is 1.95. The Hall–Kier alpha value is -1.68. The van der Waals surface area contributed by atoms with E-state index < -0.39 is 0 Å². The lowest BCUT2D eigenvalue weighted by Gasteiger charge is -2.29. The van der Waals surface area contributed by atoms with Gasteiger partial charge in [0, 0.05) is 5.69 Å². The molecular weight excluding hydrogens is 248 g/mol. The average Bonchev–Trinajstić information content (AvgIpc) is 2.90. The Morgan fingerprint density at radius 3 is 2.80 bits per heavy atom. The van der Waals surface area contributed by atoms with Crippen LogP contribution in [0.4, 0.5) is 0 Å². The van der Waals surface area contributed by atoms with E-state index >= 15 is 0 Å². The summed E-state index contributed by atoms with van der Waals surface area (Å²) < 4.78 is 2.18. The number of para-hydroxylation sites is 1. The number of rotatable bonds is 3. The number of nitrogens with one attached hydrogen (secondary N) is 1. The lowest BCUT2D eigenvalue weighted by atomic mass is 9.90.